The minimum Gasteiger partial charge on any atom is -0.438 e. The minimum absolute atomic E-state index is 0.153. The molecule has 0 spiro atoms. The van der Waals surface area contributed by atoms with Crippen LogP contribution in [0.5, 0.6) is 11.6 Å². The SMILES string of the molecule is O=S(=O)(F)c1cccnc1Oc1ccc(F)cc1. The largest absolute Gasteiger partial charge is 0.438 e. The van der Waals surface area contributed by atoms with E-state index in [0.29, 0.717) is 0 Å². The molecule has 0 unspecified atom stereocenters. The first-order valence-electron chi connectivity index (χ1n) is 4.80. The summed E-state index contributed by atoms with van der Waals surface area (Å²) in [6.07, 6.45) is 1.26. The second-order valence-corrected chi connectivity index (χ2v) is 4.62. The van der Waals surface area contributed by atoms with Gasteiger partial charge >= 0.3 is 10.2 Å². The van der Waals surface area contributed by atoms with Crippen molar-refractivity contribution in [3.05, 3.63) is 48.4 Å². The normalized spacial score (nSPS) is 11.2. The Balaban J connectivity index is 2.38. The molecular weight excluding hydrogens is 264 g/mol. The maximum atomic E-state index is 12.9. The van der Waals surface area contributed by atoms with Crippen LogP contribution in [0.4, 0.5) is 8.28 Å². The number of aromatic nitrogens is 1. The van der Waals surface area contributed by atoms with Crippen LogP contribution in [-0.2, 0) is 10.2 Å². The molecule has 0 N–H and O–H groups in total. The quantitative estimate of drug-likeness (QED) is 0.805. The number of halogens is 2. The predicted molar refractivity (Wildman–Crippen MR) is 59.0 cm³/mol. The Morgan fingerprint density at radius 1 is 1.11 bits per heavy atom. The average Bonchev–Trinajstić information content (AvgIpc) is 2.31. The average molecular weight is 271 g/mol. The molecule has 0 amide bonds. The van der Waals surface area contributed by atoms with Crippen LogP contribution in [0.3, 0.4) is 0 Å². The number of benzene rings is 1. The molecular formula is C11H7F2NO3S. The monoisotopic (exact) mass is 271 g/mol. The fourth-order valence-electron chi connectivity index (χ4n) is 1.25. The molecule has 2 rings (SSSR count). The van der Waals surface area contributed by atoms with Crippen LogP contribution in [0.25, 0.3) is 0 Å². The Kier molecular flexibility index (Phi) is 3.24. The lowest BCUT2D eigenvalue weighted by molar-refractivity contribution is 0.443. The van der Waals surface area contributed by atoms with E-state index in [0.717, 1.165) is 18.2 Å². The summed E-state index contributed by atoms with van der Waals surface area (Å²) in [7, 11) is -4.92. The van der Waals surface area contributed by atoms with Crippen molar-refractivity contribution < 1.29 is 21.4 Å². The van der Waals surface area contributed by atoms with Crippen LogP contribution in [-0.4, -0.2) is 13.4 Å². The fourth-order valence-corrected chi connectivity index (χ4v) is 1.80. The van der Waals surface area contributed by atoms with Crippen LogP contribution in [0.15, 0.2) is 47.5 Å². The predicted octanol–water partition coefficient (Wildman–Crippen LogP) is 2.67. The molecule has 0 saturated heterocycles. The molecule has 1 aromatic carbocycles. The van der Waals surface area contributed by atoms with E-state index < -0.39 is 26.8 Å². The molecule has 0 bridgehead atoms. The molecule has 0 saturated carbocycles. The lowest BCUT2D eigenvalue weighted by atomic mass is 10.3. The summed E-state index contributed by atoms with van der Waals surface area (Å²) in [6, 6.07) is 7.10. The third-order valence-electron chi connectivity index (χ3n) is 2.03. The van der Waals surface area contributed by atoms with Crippen molar-refractivity contribution in [2.45, 2.75) is 4.90 Å². The van der Waals surface area contributed by atoms with E-state index in [1.807, 2.05) is 0 Å². The van der Waals surface area contributed by atoms with E-state index in [9.17, 15) is 16.7 Å². The van der Waals surface area contributed by atoms with Crippen LogP contribution in [0.2, 0.25) is 0 Å². The standard InChI is InChI=1S/C11H7F2NO3S/c12-8-3-5-9(6-4-8)17-11-10(18(13,15)16)2-1-7-14-11/h1-7H. The molecule has 4 nitrogen and oxygen atoms in total. The third kappa shape index (κ3) is 2.80. The summed E-state index contributed by atoms with van der Waals surface area (Å²) in [5, 5.41) is 0. The van der Waals surface area contributed by atoms with E-state index in [2.05, 4.69) is 4.98 Å². The maximum Gasteiger partial charge on any atom is 0.337 e. The minimum atomic E-state index is -4.92. The second-order valence-electron chi connectivity index (χ2n) is 3.30. The van der Waals surface area contributed by atoms with Crippen molar-refractivity contribution >= 4 is 10.2 Å². The molecule has 0 aliphatic carbocycles. The maximum absolute atomic E-state index is 12.9. The van der Waals surface area contributed by atoms with Gasteiger partial charge in [-0.15, -0.1) is 3.89 Å². The molecule has 0 aliphatic rings. The third-order valence-corrected chi connectivity index (χ3v) is 2.86. The highest BCUT2D eigenvalue weighted by Gasteiger charge is 2.19. The summed E-state index contributed by atoms with van der Waals surface area (Å²) >= 11 is 0. The molecule has 1 aromatic heterocycles. The van der Waals surface area contributed by atoms with Crippen LogP contribution in [0, 0.1) is 5.82 Å². The summed E-state index contributed by atoms with van der Waals surface area (Å²) in [4.78, 5) is 2.96. The Labute approximate surface area is 102 Å². The Hall–Kier alpha value is -2.02. The molecule has 0 aliphatic heterocycles. The van der Waals surface area contributed by atoms with E-state index in [-0.39, 0.29) is 5.75 Å². The first-order valence-corrected chi connectivity index (χ1v) is 6.18. The summed E-state index contributed by atoms with van der Waals surface area (Å²) in [5.74, 6) is -0.715. The number of nitrogens with zero attached hydrogens (tertiary/aromatic N) is 1. The van der Waals surface area contributed by atoms with Crippen molar-refractivity contribution in [2.24, 2.45) is 0 Å². The zero-order valence-electron chi connectivity index (χ0n) is 8.88. The highest BCUT2D eigenvalue weighted by molar-refractivity contribution is 7.86. The van der Waals surface area contributed by atoms with Gasteiger partial charge in [0.25, 0.3) is 0 Å². The van der Waals surface area contributed by atoms with Crippen molar-refractivity contribution in [3.63, 3.8) is 0 Å². The van der Waals surface area contributed by atoms with Gasteiger partial charge in [-0.05, 0) is 36.4 Å². The van der Waals surface area contributed by atoms with E-state index in [4.69, 9.17) is 4.74 Å². The zero-order valence-corrected chi connectivity index (χ0v) is 9.69. The molecule has 94 valence electrons. The first-order chi connectivity index (χ1) is 8.47. The number of hydrogen-bond donors (Lipinski definition) is 0. The molecule has 1 heterocycles. The second kappa shape index (κ2) is 4.69. The molecule has 2 aromatic rings. The number of hydrogen-bond acceptors (Lipinski definition) is 4. The fraction of sp³-hybridized carbons (Fsp3) is 0. The Bertz CT molecular complexity index is 656. The Morgan fingerprint density at radius 2 is 1.78 bits per heavy atom. The van der Waals surface area contributed by atoms with Gasteiger partial charge in [0.1, 0.15) is 11.6 Å². The van der Waals surface area contributed by atoms with Gasteiger partial charge < -0.3 is 4.74 Å². The van der Waals surface area contributed by atoms with Crippen LogP contribution in [0.1, 0.15) is 0 Å². The molecule has 7 heteroatoms. The highest BCUT2D eigenvalue weighted by atomic mass is 32.3. The Morgan fingerprint density at radius 3 is 2.39 bits per heavy atom. The topological polar surface area (TPSA) is 56.3 Å². The first kappa shape index (κ1) is 12.4. The van der Waals surface area contributed by atoms with E-state index >= 15 is 0 Å². The number of pyridine rings is 1. The van der Waals surface area contributed by atoms with E-state index in [1.165, 1.54) is 24.4 Å². The van der Waals surface area contributed by atoms with Crippen LogP contribution >= 0.6 is 0 Å². The van der Waals surface area contributed by atoms with E-state index in [1.54, 1.807) is 0 Å². The van der Waals surface area contributed by atoms with Gasteiger partial charge in [-0.2, -0.15) is 8.42 Å². The van der Waals surface area contributed by atoms with Gasteiger partial charge in [0.2, 0.25) is 5.88 Å². The highest BCUT2D eigenvalue weighted by Crippen LogP contribution is 2.27. The van der Waals surface area contributed by atoms with Crippen LogP contribution < -0.4 is 4.74 Å². The van der Waals surface area contributed by atoms with Gasteiger partial charge in [0, 0.05) is 6.20 Å². The molecule has 18 heavy (non-hydrogen) atoms. The summed E-state index contributed by atoms with van der Waals surface area (Å²) in [5.41, 5.74) is 0. The van der Waals surface area contributed by atoms with Gasteiger partial charge in [0.05, 0.1) is 0 Å². The molecule has 0 fully saturated rings. The molecule has 0 atom stereocenters. The molecule has 0 radical (unpaired) electrons. The summed E-state index contributed by atoms with van der Waals surface area (Å²) < 4.78 is 52.4. The lowest BCUT2D eigenvalue weighted by Crippen LogP contribution is -1.98. The van der Waals surface area contributed by atoms with Crippen molar-refractivity contribution in [2.75, 3.05) is 0 Å². The lowest BCUT2D eigenvalue weighted by Gasteiger charge is -2.06. The van der Waals surface area contributed by atoms with Gasteiger partial charge in [-0.3, -0.25) is 0 Å². The van der Waals surface area contributed by atoms with Gasteiger partial charge in [-0.1, -0.05) is 0 Å². The van der Waals surface area contributed by atoms with Crippen molar-refractivity contribution in [1.82, 2.24) is 4.98 Å². The van der Waals surface area contributed by atoms with Gasteiger partial charge in [0.15, 0.2) is 4.90 Å². The zero-order chi connectivity index (χ0) is 13.2. The van der Waals surface area contributed by atoms with Crippen molar-refractivity contribution in [3.8, 4) is 11.6 Å². The van der Waals surface area contributed by atoms with Crippen molar-refractivity contribution in [1.29, 1.82) is 0 Å². The number of ether oxygens (including phenoxy) is 1. The smallest absolute Gasteiger partial charge is 0.337 e. The summed E-state index contributed by atoms with van der Waals surface area (Å²) in [6.45, 7) is 0. The van der Waals surface area contributed by atoms with Gasteiger partial charge in [-0.25, -0.2) is 9.37 Å². The number of rotatable bonds is 3.